The van der Waals surface area contributed by atoms with Crippen molar-refractivity contribution in [2.75, 3.05) is 6.61 Å². The highest BCUT2D eigenvalue weighted by Gasteiger charge is 2.08. The fourth-order valence-electron chi connectivity index (χ4n) is 1.60. The number of rotatable bonds is 3. The molecule has 2 rings (SSSR count). The second kappa shape index (κ2) is 4.09. The zero-order valence-electron chi connectivity index (χ0n) is 8.43. The van der Waals surface area contributed by atoms with Crippen molar-refractivity contribution in [1.82, 2.24) is 0 Å². The van der Waals surface area contributed by atoms with E-state index in [1.165, 1.54) is 0 Å². The lowest BCUT2D eigenvalue weighted by molar-refractivity contribution is 0.342. The largest absolute Gasteiger partial charge is 0.491 e. The molecule has 0 saturated heterocycles. The molecule has 0 N–H and O–H groups in total. The van der Waals surface area contributed by atoms with Crippen molar-refractivity contribution in [2.24, 2.45) is 5.18 Å². The zero-order valence-corrected chi connectivity index (χ0v) is 8.43. The van der Waals surface area contributed by atoms with Crippen LogP contribution in [0.3, 0.4) is 0 Å². The Morgan fingerprint density at radius 1 is 1.20 bits per heavy atom. The number of hydrogen-bond acceptors (Lipinski definition) is 3. The molecule has 0 aliphatic carbocycles. The molecule has 0 atom stereocenters. The highest BCUT2D eigenvalue weighted by molar-refractivity contribution is 5.95. The molecule has 3 heteroatoms. The molecule has 2 aromatic carbocycles. The minimum atomic E-state index is 0.384. The molecule has 0 radical (unpaired) electrons. The van der Waals surface area contributed by atoms with E-state index in [1.807, 2.05) is 37.3 Å². The van der Waals surface area contributed by atoms with Crippen LogP contribution < -0.4 is 4.74 Å². The van der Waals surface area contributed by atoms with Gasteiger partial charge >= 0.3 is 0 Å². The zero-order chi connectivity index (χ0) is 10.7. The summed E-state index contributed by atoms with van der Waals surface area (Å²) in [7, 11) is 0. The summed E-state index contributed by atoms with van der Waals surface area (Å²) < 4.78 is 5.34. The summed E-state index contributed by atoms with van der Waals surface area (Å²) in [5, 5.41) is 4.87. The number of nitrogens with zero attached hydrogens (tertiary/aromatic N) is 1. The van der Waals surface area contributed by atoms with Gasteiger partial charge in [0.2, 0.25) is 0 Å². The van der Waals surface area contributed by atoms with Gasteiger partial charge in [-0.05, 0) is 23.6 Å². The second-order valence-electron chi connectivity index (χ2n) is 3.16. The fraction of sp³-hybridized carbons (Fsp3) is 0.167. The van der Waals surface area contributed by atoms with Crippen LogP contribution in [0.5, 0.6) is 5.75 Å². The van der Waals surface area contributed by atoms with Gasteiger partial charge in [0.05, 0.1) is 6.61 Å². The highest BCUT2D eigenvalue weighted by Crippen LogP contribution is 2.35. The van der Waals surface area contributed by atoms with Crippen LogP contribution >= 0.6 is 0 Å². The van der Waals surface area contributed by atoms with Crippen LogP contribution in [0.15, 0.2) is 41.6 Å². The third kappa shape index (κ3) is 1.68. The van der Waals surface area contributed by atoms with Crippen LogP contribution in [0, 0.1) is 4.91 Å². The predicted molar refractivity (Wildman–Crippen MR) is 60.6 cm³/mol. The molecule has 3 nitrogen and oxygen atoms in total. The van der Waals surface area contributed by atoms with E-state index < -0.39 is 0 Å². The summed E-state index contributed by atoms with van der Waals surface area (Å²) in [6, 6.07) is 11.3. The molecule has 0 unspecified atom stereocenters. The van der Waals surface area contributed by atoms with Crippen molar-refractivity contribution in [1.29, 1.82) is 0 Å². The molecule has 2 aromatic rings. The first-order valence-electron chi connectivity index (χ1n) is 4.84. The van der Waals surface area contributed by atoms with Crippen LogP contribution in [0.25, 0.3) is 10.8 Å². The molecule has 0 saturated carbocycles. The van der Waals surface area contributed by atoms with E-state index in [1.54, 1.807) is 6.07 Å². The van der Waals surface area contributed by atoms with Crippen LogP contribution in [-0.2, 0) is 0 Å². The Hall–Kier alpha value is -1.90. The lowest BCUT2D eigenvalue weighted by Crippen LogP contribution is -1.91. The van der Waals surface area contributed by atoms with Crippen molar-refractivity contribution in [3.05, 3.63) is 41.3 Å². The summed E-state index contributed by atoms with van der Waals surface area (Å²) in [6.07, 6.45) is 0. The Morgan fingerprint density at radius 2 is 2.00 bits per heavy atom. The molecule has 0 spiro atoms. The van der Waals surface area contributed by atoms with Gasteiger partial charge in [0, 0.05) is 5.39 Å². The number of nitroso groups, excluding NO2 is 1. The number of hydrogen-bond donors (Lipinski definition) is 0. The normalized spacial score (nSPS) is 10.2. The molecule has 0 heterocycles. The van der Waals surface area contributed by atoms with E-state index in [9.17, 15) is 4.91 Å². The molecule has 0 amide bonds. The quantitative estimate of drug-likeness (QED) is 0.711. The maximum absolute atomic E-state index is 10.8. The van der Waals surface area contributed by atoms with Gasteiger partial charge in [-0.2, -0.15) is 0 Å². The monoisotopic (exact) mass is 201 g/mol. The third-order valence-electron chi connectivity index (χ3n) is 2.25. The molecule has 0 fully saturated rings. The standard InChI is InChI=1S/C12H11NO2/c1-2-15-11-8-7-9-5-3-4-6-10(9)12(11)13-14/h3-8H,2H2,1H3. The van der Waals surface area contributed by atoms with Gasteiger partial charge in [-0.1, -0.05) is 30.3 Å². The van der Waals surface area contributed by atoms with Crippen LogP contribution in [0.2, 0.25) is 0 Å². The van der Waals surface area contributed by atoms with Crippen molar-refractivity contribution >= 4 is 16.5 Å². The summed E-state index contributed by atoms with van der Waals surface area (Å²) in [6.45, 7) is 2.41. The van der Waals surface area contributed by atoms with Gasteiger partial charge < -0.3 is 4.74 Å². The number of fused-ring (bicyclic) bond motifs is 1. The molecule has 76 valence electrons. The third-order valence-corrected chi connectivity index (χ3v) is 2.25. The van der Waals surface area contributed by atoms with E-state index >= 15 is 0 Å². The Labute approximate surface area is 87.7 Å². The number of benzene rings is 2. The molecular formula is C12H11NO2. The van der Waals surface area contributed by atoms with Crippen molar-refractivity contribution in [3.63, 3.8) is 0 Å². The van der Waals surface area contributed by atoms with E-state index in [0.717, 1.165) is 10.8 Å². The molecule has 0 aliphatic rings. The average molecular weight is 201 g/mol. The van der Waals surface area contributed by atoms with Gasteiger partial charge in [0.15, 0.2) is 5.69 Å². The summed E-state index contributed by atoms with van der Waals surface area (Å²) in [4.78, 5) is 10.8. The van der Waals surface area contributed by atoms with Gasteiger partial charge in [0.25, 0.3) is 0 Å². The maximum atomic E-state index is 10.8. The van der Waals surface area contributed by atoms with Crippen LogP contribution in [-0.4, -0.2) is 6.61 Å². The minimum absolute atomic E-state index is 0.384. The smallest absolute Gasteiger partial charge is 0.157 e. The molecular weight excluding hydrogens is 190 g/mol. The van der Waals surface area contributed by atoms with E-state index in [2.05, 4.69) is 5.18 Å². The van der Waals surface area contributed by atoms with Gasteiger partial charge in [-0.25, -0.2) is 0 Å². The van der Waals surface area contributed by atoms with Crippen molar-refractivity contribution < 1.29 is 4.74 Å². The first-order valence-corrected chi connectivity index (χ1v) is 4.84. The lowest BCUT2D eigenvalue weighted by Gasteiger charge is -2.07. The van der Waals surface area contributed by atoms with Crippen molar-refractivity contribution in [3.8, 4) is 5.75 Å². The number of ether oxygens (including phenoxy) is 1. The summed E-state index contributed by atoms with van der Waals surface area (Å²) in [5.74, 6) is 0.547. The Kier molecular flexibility index (Phi) is 2.63. The Balaban J connectivity index is 2.69. The fourth-order valence-corrected chi connectivity index (χ4v) is 1.60. The molecule has 15 heavy (non-hydrogen) atoms. The van der Waals surface area contributed by atoms with Crippen LogP contribution in [0.1, 0.15) is 6.92 Å². The average Bonchev–Trinajstić information content (AvgIpc) is 2.29. The van der Waals surface area contributed by atoms with Crippen molar-refractivity contribution in [2.45, 2.75) is 6.92 Å². The minimum Gasteiger partial charge on any atom is -0.491 e. The van der Waals surface area contributed by atoms with E-state index in [-0.39, 0.29) is 0 Å². The molecule has 0 bridgehead atoms. The predicted octanol–water partition coefficient (Wildman–Crippen LogP) is 3.64. The van der Waals surface area contributed by atoms with E-state index in [4.69, 9.17) is 4.74 Å². The van der Waals surface area contributed by atoms with Gasteiger partial charge in [-0.3, -0.25) is 0 Å². The SMILES string of the molecule is CCOc1ccc2ccccc2c1N=O. The Bertz CT molecular complexity index is 494. The summed E-state index contributed by atoms with van der Waals surface area (Å²) in [5.41, 5.74) is 0.384. The second-order valence-corrected chi connectivity index (χ2v) is 3.16. The van der Waals surface area contributed by atoms with Gasteiger partial charge in [0.1, 0.15) is 5.75 Å². The first-order chi connectivity index (χ1) is 7.36. The van der Waals surface area contributed by atoms with Crippen LogP contribution in [0.4, 0.5) is 5.69 Å². The first kappa shape index (κ1) is 9.65. The van der Waals surface area contributed by atoms with E-state index in [0.29, 0.717) is 18.0 Å². The molecule has 0 aliphatic heterocycles. The van der Waals surface area contributed by atoms with Gasteiger partial charge in [-0.15, -0.1) is 4.91 Å². The lowest BCUT2D eigenvalue weighted by atomic mass is 10.1. The topological polar surface area (TPSA) is 38.7 Å². The Morgan fingerprint density at radius 3 is 2.73 bits per heavy atom. The maximum Gasteiger partial charge on any atom is 0.157 e. The molecule has 0 aromatic heterocycles. The highest BCUT2D eigenvalue weighted by atomic mass is 16.5. The summed E-state index contributed by atoms with van der Waals surface area (Å²) >= 11 is 0.